The lowest BCUT2D eigenvalue weighted by Gasteiger charge is -2.08. The van der Waals surface area contributed by atoms with Crippen LogP contribution in [0.2, 0.25) is 0 Å². The highest BCUT2D eigenvalue weighted by Crippen LogP contribution is 2.27. The van der Waals surface area contributed by atoms with Crippen molar-refractivity contribution in [3.8, 4) is 17.0 Å². The lowest BCUT2D eigenvalue weighted by Crippen LogP contribution is -2.04. The van der Waals surface area contributed by atoms with Crippen molar-refractivity contribution in [2.75, 3.05) is 14.2 Å². The van der Waals surface area contributed by atoms with E-state index in [1.165, 1.54) is 14.2 Å². The molecule has 0 aliphatic rings. The molecular formula is C13H13NO3S. The number of rotatable bonds is 3. The second-order valence-corrected chi connectivity index (χ2v) is 4.72. The van der Waals surface area contributed by atoms with Gasteiger partial charge < -0.3 is 9.47 Å². The van der Waals surface area contributed by atoms with E-state index in [1.807, 2.05) is 18.4 Å². The number of carbonyl (C=O) groups is 1. The monoisotopic (exact) mass is 263 g/mol. The standard InChI is InChI=1S/C13H13NO3S/c1-8-14-11(7-18-8)9-4-5-12(16-2)10(6-9)13(15)17-3/h4-7H,1-3H3. The van der Waals surface area contributed by atoms with Gasteiger partial charge in [0.1, 0.15) is 11.3 Å². The van der Waals surface area contributed by atoms with E-state index >= 15 is 0 Å². The molecule has 0 aliphatic carbocycles. The van der Waals surface area contributed by atoms with Crippen molar-refractivity contribution in [3.05, 3.63) is 34.2 Å². The smallest absolute Gasteiger partial charge is 0.341 e. The van der Waals surface area contributed by atoms with Crippen LogP contribution in [0.1, 0.15) is 15.4 Å². The maximum atomic E-state index is 11.7. The fourth-order valence-corrected chi connectivity index (χ4v) is 2.25. The molecule has 0 saturated carbocycles. The van der Waals surface area contributed by atoms with Gasteiger partial charge in [-0.25, -0.2) is 9.78 Å². The Hall–Kier alpha value is -1.88. The first-order valence-electron chi connectivity index (χ1n) is 5.34. The minimum Gasteiger partial charge on any atom is -0.496 e. The summed E-state index contributed by atoms with van der Waals surface area (Å²) >= 11 is 1.57. The van der Waals surface area contributed by atoms with Crippen molar-refractivity contribution in [2.45, 2.75) is 6.92 Å². The van der Waals surface area contributed by atoms with Crippen LogP contribution in [0, 0.1) is 6.92 Å². The Morgan fingerprint density at radius 2 is 2.11 bits per heavy atom. The van der Waals surface area contributed by atoms with Crippen LogP contribution in [0.4, 0.5) is 0 Å². The Morgan fingerprint density at radius 3 is 2.67 bits per heavy atom. The van der Waals surface area contributed by atoms with Crippen LogP contribution in [0.5, 0.6) is 5.75 Å². The third-order valence-electron chi connectivity index (χ3n) is 2.52. The van der Waals surface area contributed by atoms with E-state index < -0.39 is 5.97 Å². The molecule has 18 heavy (non-hydrogen) atoms. The highest BCUT2D eigenvalue weighted by atomic mass is 32.1. The lowest BCUT2D eigenvalue weighted by molar-refractivity contribution is 0.0597. The molecular weight excluding hydrogens is 250 g/mol. The van der Waals surface area contributed by atoms with E-state index in [0.29, 0.717) is 11.3 Å². The molecule has 0 atom stereocenters. The fourth-order valence-electron chi connectivity index (χ4n) is 1.63. The summed E-state index contributed by atoms with van der Waals surface area (Å²) in [5.74, 6) is 0.0817. The summed E-state index contributed by atoms with van der Waals surface area (Å²) in [5, 5.41) is 2.94. The zero-order valence-corrected chi connectivity index (χ0v) is 11.2. The zero-order valence-electron chi connectivity index (χ0n) is 10.4. The van der Waals surface area contributed by atoms with Gasteiger partial charge in [-0.15, -0.1) is 11.3 Å². The minimum atomic E-state index is -0.416. The number of benzene rings is 1. The number of hydrogen-bond acceptors (Lipinski definition) is 5. The zero-order chi connectivity index (χ0) is 13.1. The summed E-state index contributed by atoms with van der Waals surface area (Å²) in [6.45, 7) is 1.94. The number of hydrogen-bond donors (Lipinski definition) is 0. The Labute approximate surface area is 109 Å². The van der Waals surface area contributed by atoms with Crippen LogP contribution in [0.15, 0.2) is 23.6 Å². The lowest BCUT2D eigenvalue weighted by atomic mass is 10.1. The molecule has 0 bridgehead atoms. The number of methoxy groups -OCH3 is 2. The number of esters is 1. The third-order valence-corrected chi connectivity index (χ3v) is 3.29. The molecule has 2 rings (SSSR count). The molecule has 0 fully saturated rings. The highest BCUT2D eigenvalue weighted by Gasteiger charge is 2.14. The Bertz CT molecular complexity index is 577. The molecule has 0 radical (unpaired) electrons. The van der Waals surface area contributed by atoms with E-state index in [-0.39, 0.29) is 0 Å². The number of ether oxygens (including phenoxy) is 2. The largest absolute Gasteiger partial charge is 0.496 e. The molecule has 0 N–H and O–H groups in total. The summed E-state index contributed by atoms with van der Waals surface area (Å²) in [7, 11) is 2.87. The first kappa shape index (κ1) is 12.6. The van der Waals surface area contributed by atoms with E-state index in [2.05, 4.69) is 4.98 Å². The number of aryl methyl sites for hydroxylation is 1. The number of aromatic nitrogens is 1. The van der Waals surface area contributed by atoms with Crippen molar-refractivity contribution in [2.24, 2.45) is 0 Å². The van der Waals surface area contributed by atoms with Crippen LogP contribution in [-0.4, -0.2) is 25.2 Å². The first-order valence-corrected chi connectivity index (χ1v) is 6.22. The summed E-state index contributed by atoms with van der Waals surface area (Å²) in [6, 6.07) is 5.36. The maximum absolute atomic E-state index is 11.7. The maximum Gasteiger partial charge on any atom is 0.341 e. The Kier molecular flexibility index (Phi) is 3.62. The predicted octanol–water partition coefficient (Wildman–Crippen LogP) is 2.91. The molecule has 4 nitrogen and oxygen atoms in total. The van der Waals surface area contributed by atoms with Gasteiger partial charge in [0.2, 0.25) is 0 Å². The average molecular weight is 263 g/mol. The second-order valence-electron chi connectivity index (χ2n) is 3.66. The van der Waals surface area contributed by atoms with E-state index in [4.69, 9.17) is 9.47 Å². The summed E-state index contributed by atoms with van der Waals surface area (Å²) in [5.41, 5.74) is 2.13. The van der Waals surface area contributed by atoms with Crippen LogP contribution < -0.4 is 4.74 Å². The van der Waals surface area contributed by atoms with Gasteiger partial charge in [0.05, 0.1) is 24.9 Å². The van der Waals surface area contributed by atoms with Gasteiger partial charge >= 0.3 is 5.97 Å². The topological polar surface area (TPSA) is 48.4 Å². The normalized spacial score (nSPS) is 10.2. The molecule has 2 aromatic rings. The van der Waals surface area contributed by atoms with Crippen molar-refractivity contribution in [1.29, 1.82) is 0 Å². The quantitative estimate of drug-likeness (QED) is 0.799. The van der Waals surface area contributed by atoms with Gasteiger partial charge in [0.25, 0.3) is 0 Å². The predicted molar refractivity (Wildman–Crippen MR) is 70.2 cm³/mol. The van der Waals surface area contributed by atoms with Gasteiger partial charge in [-0.05, 0) is 25.1 Å². The fraction of sp³-hybridized carbons (Fsp3) is 0.231. The number of carbonyl (C=O) groups excluding carboxylic acids is 1. The molecule has 1 aromatic carbocycles. The Morgan fingerprint density at radius 1 is 1.33 bits per heavy atom. The molecule has 94 valence electrons. The molecule has 0 amide bonds. The Balaban J connectivity index is 2.48. The number of thiazole rings is 1. The number of nitrogens with zero attached hydrogens (tertiary/aromatic N) is 1. The van der Waals surface area contributed by atoms with Gasteiger partial charge in [-0.1, -0.05) is 0 Å². The summed E-state index contributed by atoms with van der Waals surface area (Å²) < 4.78 is 9.88. The van der Waals surface area contributed by atoms with Crippen molar-refractivity contribution in [1.82, 2.24) is 4.98 Å². The molecule has 1 aromatic heterocycles. The van der Waals surface area contributed by atoms with E-state index in [1.54, 1.807) is 23.5 Å². The van der Waals surface area contributed by atoms with Gasteiger partial charge in [0.15, 0.2) is 0 Å². The van der Waals surface area contributed by atoms with E-state index in [9.17, 15) is 4.79 Å². The molecule has 0 saturated heterocycles. The molecule has 0 aliphatic heterocycles. The van der Waals surface area contributed by atoms with Crippen LogP contribution in [-0.2, 0) is 4.74 Å². The average Bonchev–Trinajstić information content (AvgIpc) is 2.83. The third kappa shape index (κ3) is 2.36. The minimum absolute atomic E-state index is 0.406. The van der Waals surface area contributed by atoms with Crippen molar-refractivity contribution < 1.29 is 14.3 Å². The van der Waals surface area contributed by atoms with Gasteiger partial charge in [-0.3, -0.25) is 0 Å². The summed E-state index contributed by atoms with van der Waals surface area (Å²) in [4.78, 5) is 16.1. The van der Waals surface area contributed by atoms with E-state index in [0.717, 1.165) is 16.3 Å². The van der Waals surface area contributed by atoms with Crippen LogP contribution in [0.3, 0.4) is 0 Å². The van der Waals surface area contributed by atoms with Crippen molar-refractivity contribution >= 4 is 17.3 Å². The van der Waals surface area contributed by atoms with Crippen LogP contribution >= 0.6 is 11.3 Å². The molecule has 0 spiro atoms. The highest BCUT2D eigenvalue weighted by molar-refractivity contribution is 7.09. The molecule has 5 heteroatoms. The SMILES string of the molecule is COC(=O)c1cc(-c2csc(C)n2)ccc1OC. The molecule has 1 heterocycles. The molecule has 0 unspecified atom stereocenters. The van der Waals surface area contributed by atoms with Gasteiger partial charge in [0, 0.05) is 10.9 Å². The van der Waals surface area contributed by atoms with Crippen molar-refractivity contribution in [3.63, 3.8) is 0 Å². The summed E-state index contributed by atoms with van der Waals surface area (Å²) in [6.07, 6.45) is 0. The first-order chi connectivity index (χ1) is 8.65. The van der Waals surface area contributed by atoms with Crippen LogP contribution in [0.25, 0.3) is 11.3 Å². The van der Waals surface area contributed by atoms with Gasteiger partial charge in [-0.2, -0.15) is 0 Å². The second kappa shape index (κ2) is 5.18.